The van der Waals surface area contributed by atoms with Gasteiger partial charge < -0.3 is 15.5 Å². The van der Waals surface area contributed by atoms with Gasteiger partial charge >= 0.3 is 0 Å². The van der Waals surface area contributed by atoms with E-state index in [9.17, 15) is 9.59 Å². The average molecular weight is 422 g/mol. The summed E-state index contributed by atoms with van der Waals surface area (Å²) in [6, 6.07) is 9.43. The lowest BCUT2D eigenvalue weighted by Crippen LogP contribution is -2.30. The topological polar surface area (TPSA) is 61.4 Å². The van der Waals surface area contributed by atoms with Crippen molar-refractivity contribution in [3.63, 3.8) is 0 Å². The Hall–Kier alpha value is -1.89. The zero-order valence-electron chi connectivity index (χ0n) is 16.5. The van der Waals surface area contributed by atoms with Crippen LogP contribution in [0.1, 0.15) is 52.5 Å². The van der Waals surface area contributed by atoms with E-state index in [-0.39, 0.29) is 24.2 Å². The Morgan fingerprint density at radius 1 is 1.21 bits per heavy atom. The van der Waals surface area contributed by atoms with Gasteiger partial charge in [0.2, 0.25) is 0 Å². The van der Waals surface area contributed by atoms with E-state index in [2.05, 4.69) is 24.5 Å². The molecule has 0 saturated carbocycles. The van der Waals surface area contributed by atoms with Crippen LogP contribution in [0, 0.1) is 5.92 Å². The lowest BCUT2D eigenvalue weighted by atomic mass is 10.0. The minimum atomic E-state index is -0.184. The molecule has 152 valence electrons. The maximum absolute atomic E-state index is 12.9. The van der Waals surface area contributed by atoms with Crippen molar-refractivity contribution in [3.8, 4) is 0 Å². The van der Waals surface area contributed by atoms with Gasteiger partial charge in [-0.2, -0.15) is 0 Å². The summed E-state index contributed by atoms with van der Waals surface area (Å²) in [6.45, 7) is 6.70. The predicted octanol–water partition coefficient (Wildman–Crippen LogP) is 4.23. The van der Waals surface area contributed by atoms with E-state index in [1.165, 1.54) is 16.9 Å². The Balaban J connectivity index is 0.00000280. The molecule has 1 aliphatic rings. The van der Waals surface area contributed by atoms with Gasteiger partial charge in [0.1, 0.15) is 5.00 Å². The summed E-state index contributed by atoms with van der Waals surface area (Å²) in [5.41, 5.74) is 2.38. The fourth-order valence-corrected chi connectivity index (χ4v) is 4.19. The number of hydrogen-bond donors (Lipinski definition) is 2. The molecule has 1 fully saturated rings. The molecule has 1 saturated heterocycles. The number of nitrogens with zero attached hydrogens (tertiary/aromatic N) is 1. The Morgan fingerprint density at radius 2 is 1.93 bits per heavy atom. The maximum atomic E-state index is 12.9. The van der Waals surface area contributed by atoms with Crippen molar-refractivity contribution in [2.75, 3.05) is 32.0 Å². The van der Waals surface area contributed by atoms with Crippen molar-refractivity contribution in [2.24, 2.45) is 5.92 Å². The predicted molar refractivity (Wildman–Crippen MR) is 118 cm³/mol. The summed E-state index contributed by atoms with van der Waals surface area (Å²) in [5, 5.41) is 8.57. The highest BCUT2D eigenvalue weighted by Crippen LogP contribution is 2.28. The molecule has 28 heavy (non-hydrogen) atoms. The largest absolute Gasteiger partial charge is 0.338 e. The molecule has 2 aromatic rings. The van der Waals surface area contributed by atoms with Crippen molar-refractivity contribution in [1.29, 1.82) is 0 Å². The van der Waals surface area contributed by atoms with Crippen molar-refractivity contribution in [2.45, 2.75) is 26.2 Å². The van der Waals surface area contributed by atoms with Crippen LogP contribution in [0.3, 0.4) is 0 Å². The first-order chi connectivity index (χ1) is 13.0. The number of amides is 2. The highest BCUT2D eigenvalue weighted by atomic mass is 35.5. The molecule has 7 heteroatoms. The quantitative estimate of drug-likeness (QED) is 0.733. The van der Waals surface area contributed by atoms with Gasteiger partial charge in [-0.05, 0) is 61.0 Å². The van der Waals surface area contributed by atoms with Crippen LogP contribution in [0.2, 0.25) is 0 Å². The average Bonchev–Trinajstić information content (AvgIpc) is 3.31. The van der Waals surface area contributed by atoms with E-state index in [1.54, 1.807) is 6.07 Å². The molecule has 3 rings (SSSR count). The summed E-state index contributed by atoms with van der Waals surface area (Å²) in [5.74, 6) is 0.738. The minimum absolute atomic E-state index is 0. The third-order valence-electron chi connectivity index (χ3n) is 5.03. The number of rotatable bonds is 6. The van der Waals surface area contributed by atoms with E-state index in [1.807, 2.05) is 41.6 Å². The Kier molecular flexibility index (Phi) is 8.04. The standard InChI is InChI=1S/C21H27N3O2S.ClH/c1-14(2)16-4-6-17(7-5-16)19(25)23-20-18(9-11-27-20)21(26)24-10-8-15(13-24)12-22-3;/h4-7,9,11,14-15,22H,8,10,12-13H2,1-3H3,(H,23,25);1H. The lowest BCUT2D eigenvalue weighted by molar-refractivity contribution is 0.0788. The Morgan fingerprint density at radius 3 is 2.57 bits per heavy atom. The third kappa shape index (κ3) is 5.13. The molecule has 2 heterocycles. The highest BCUT2D eigenvalue weighted by Gasteiger charge is 2.28. The highest BCUT2D eigenvalue weighted by molar-refractivity contribution is 7.14. The van der Waals surface area contributed by atoms with Crippen LogP contribution >= 0.6 is 23.7 Å². The van der Waals surface area contributed by atoms with E-state index in [0.717, 1.165) is 26.1 Å². The van der Waals surface area contributed by atoms with Gasteiger partial charge in [-0.25, -0.2) is 0 Å². The van der Waals surface area contributed by atoms with Gasteiger partial charge in [0.25, 0.3) is 11.8 Å². The van der Waals surface area contributed by atoms with E-state index >= 15 is 0 Å². The Bertz CT molecular complexity index is 804. The zero-order chi connectivity index (χ0) is 19.4. The van der Waals surface area contributed by atoms with Crippen molar-refractivity contribution < 1.29 is 9.59 Å². The smallest absolute Gasteiger partial charge is 0.256 e. The molecule has 1 aromatic carbocycles. The zero-order valence-corrected chi connectivity index (χ0v) is 18.2. The summed E-state index contributed by atoms with van der Waals surface area (Å²) >= 11 is 1.39. The van der Waals surface area contributed by atoms with Crippen LogP contribution in [0.25, 0.3) is 0 Å². The normalized spacial score (nSPS) is 16.1. The molecule has 2 N–H and O–H groups in total. The third-order valence-corrected chi connectivity index (χ3v) is 5.86. The molecule has 0 aliphatic carbocycles. The SMILES string of the molecule is CNCC1CCN(C(=O)c2ccsc2NC(=O)c2ccc(C(C)C)cc2)C1.Cl. The molecular formula is C21H28ClN3O2S. The van der Waals surface area contributed by atoms with Crippen molar-refractivity contribution >= 4 is 40.6 Å². The summed E-state index contributed by atoms with van der Waals surface area (Å²) in [6.07, 6.45) is 1.01. The number of likely N-dealkylation sites (tertiary alicyclic amines) is 1. The molecule has 1 aliphatic heterocycles. The second kappa shape index (κ2) is 10.0. The Labute approximate surface area is 176 Å². The van der Waals surface area contributed by atoms with Crippen molar-refractivity contribution in [3.05, 3.63) is 52.4 Å². The number of nitrogens with one attached hydrogen (secondary N) is 2. The van der Waals surface area contributed by atoms with Crippen LogP contribution in [0.15, 0.2) is 35.7 Å². The van der Waals surface area contributed by atoms with Crippen LogP contribution in [0.5, 0.6) is 0 Å². The summed E-state index contributed by atoms with van der Waals surface area (Å²) in [7, 11) is 1.94. The molecule has 0 spiro atoms. The number of benzene rings is 1. The van der Waals surface area contributed by atoms with Crippen LogP contribution in [-0.2, 0) is 0 Å². The lowest BCUT2D eigenvalue weighted by Gasteiger charge is -2.17. The van der Waals surface area contributed by atoms with Crippen LogP contribution in [-0.4, -0.2) is 43.4 Å². The number of hydrogen-bond acceptors (Lipinski definition) is 4. The molecule has 1 unspecified atom stereocenters. The van der Waals surface area contributed by atoms with Gasteiger partial charge in [0.15, 0.2) is 0 Å². The number of carbonyl (C=O) groups excluding carboxylic acids is 2. The number of thiophene rings is 1. The molecule has 1 atom stereocenters. The molecule has 2 amide bonds. The van der Waals surface area contributed by atoms with Gasteiger partial charge in [-0.3, -0.25) is 9.59 Å². The fourth-order valence-electron chi connectivity index (χ4n) is 3.41. The second-order valence-corrected chi connectivity index (χ2v) is 8.27. The molecule has 5 nitrogen and oxygen atoms in total. The number of anilines is 1. The van der Waals surface area contributed by atoms with E-state index < -0.39 is 0 Å². The van der Waals surface area contributed by atoms with Gasteiger partial charge in [-0.1, -0.05) is 26.0 Å². The number of halogens is 1. The van der Waals surface area contributed by atoms with E-state index in [0.29, 0.717) is 28.0 Å². The first kappa shape index (κ1) is 22.4. The van der Waals surface area contributed by atoms with E-state index in [4.69, 9.17) is 0 Å². The monoisotopic (exact) mass is 421 g/mol. The first-order valence-electron chi connectivity index (χ1n) is 9.42. The maximum Gasteiger partial charge on any atom is 0.256 e. The minimum Gasteiger partial charge on any atom is -0.338 e. The summed E-state index contributed by atoms with van der Waals surface area (Å²) < 4.78 is 0. The van der Waals surface area contributed by atoms with Crippen LogP contribution < -0.4 is 10.6 Å². The van der Waals surface area contributed by atoms with Gasteiger partial charge in [0, 0.05) is 18.7 Å². The van der Waals surface area contributed by atoms with Crippen molar-refractivity contribution in [1.82, 2.24) is 10.2 Å². The summed E-state index contributed by atoms with van der Waals surface area (Å²) in [4.78, 5) is 27.4. The molecule has 0 bridgehead atoms. The van der Waals surface area contributed by atoms with Gasteiger partial charge in [-0.15, -0.1) is 23.7 Å². The molecule has 0 radical (unpaired) electrons. The molecule has 1 aromatic heterocycles. The second-order valence-electron chi connectivity index (χ2n) is 7.36. The first-order valence-corrected chi connectivity index (χ1v) is 10.3. The fraction of sp³-hybridized carbons (Fsp3) is 0.429. The van der Waals surface area contributed by atoms with Crippen LogP contribution in [0.4, 0.5) is 5.00 Å². The molecular weight excluding hydrogens is 394 g/mol. The van der Waals surface area contributed by atoms with Gasteiger partial charge in [0.05, 0.1) is 5.56 Å². The number of carbonyl (C=O) groups is 2.